The van der Waals surface area contributed by atoms with Crippen molar-refractivity contribution in [2.75, 3.05) is 22.1 Å². The highest BCUT2D eigenvalue weighted by Crippen LogP contribution is 2.24. The summed E-state index contributed by atoms with van der Waals surface area (Å²) in [5.41, 5.74) is 2.83. The predicted molar refractivity (Wildman–Crippen MR) is 155 cm³/mol. The normalized spacial score (nSPS) is 11.5. The van der Waals surface area contributed by atoms with Crippen LogP contribution in [0.3, 0.4) is 0 Å². The van der Waals surface area contributed by atoms with Crippen molar-refractivity contribution < 1.29 is 26.4 Å². The number of benzene rings is 4. The largest absolute Gasteiger partial charge is 0.326 e. The summed E-state index contributed by atoms with van der Waals surface area (Å²) in [6, 6.07) is 30.2. The van der Waals surface area contributed by atoms with Crippen molar-refractivity contribution in [2.24, 2.45) is 0 Å². The molecule has 10 heteroatoms. The average molecular weight is 577 g/mol. The van der Waals surface area contributed by atoms with Crippen LogP contribution in [0.1, 0.15) is 12.8 Å². The van der Waals surface area contributed by atoms with Crippen LogP contribution < -0.4 is 10.6 Å². The van der Waals surface area contributed by atoms with E-state index < -0.39 is 31.5 Å². The lowest BCUT2D eigenvalue weighted by Crippen LogP contribution is -2.17. The number of carbonyl (C=O) groups is 2. The van der Waals surface area contributed by atoms with Crippen LogP contribution in [-0.4, -0.2) is 40.2 Å². The first-order chi connectivity index (χ1) is 19.1. The fourth-order valence-corrected chi connectivity index (χ4v) is 6.41. The lowest BCUT2D eigenvalue weighted by atomic mass is 10.0. The third-order valence-corrected chi connectivity index (χ3v) is 9.53. The Kier molecular flexibility index (Phi) is 9.13. The molecular formula is C30H28N2O6S2. The van der Waals surface area contributed by atoms with Gasteiger partial charge in [-0.1, -0.05) is 60.7 Å². The van der Waals surface area contributed by atoms with Crippen LogP contribution in [0, 0.1) is 0 Å². The molecule has 0 fully saturated rings. The van der Waals surface area contributed by atoms with Crippen LogP contribution in [0.4, 0.5) is 11.4 Å². The highest BCUT2D eigenvalue weighted by Gasteiger charge is 2.17. The number of rotatable bonds is 11. The Labute approximate surface area is 233 Å². The zero-order valence-corrected chi connectivity index (χ0v) is 23.1. The van der Waals surface area contributed by atoms with Crippen molar-refractivity contribution in [1.82, 2.24) is 0 Å². The van der Waals surface area contributed by atoms with E-state index in [4.69, 9.17) is 0 Å². The second-order valence-electron chi connectivity index (χ2n) is 9.01. The van der Waals surface area contributed by atoms with E-state index in [9.17, 15) is 26.4 Å². The fourth-order valence-electron chi connectivity index (χ4n) is 3.88. The summed E-state index contributed by atoms with van der Waals surface area (Å²) in [5.74, 6) is -1.37. The number of sulfone groups is 2. The van der Waals surface area contributed by atoms with Gasteiger partial charge in [0.25, 0.3) is 0 Å². The maximum atomic E-state index is 12.4. The topological polar surface area (TPSA) is 126 Å². The Morgan fingerprint density at radius 2 is 0.800 bits per heavy atom. The fraction of sp³-hybridized carbons (Fsp3) is 0.133. The number of hydrogen-bond donors (Lipinski definition) is 2. The number of nitrogens with one attached hydrogen (secondary N) is 2. The van der Waals surface area contributed by atoms with Crippen molar-refractivity contribution in [3.63, 3.8) is 0 Å². The second kappa shape index (κ2) is 12.7. The predicted octanol–water partition coefficient (Wildman–Crippen LogP) is 4.96. The third kappa shape index (κ3) is 7.87. The molecule has 0 aliphatic rings. The Morgan fingerprint density at radius 1 is 0.475 bits per heavy atom. The van der Waals surface area contributed by atoms with Crippen LogP contribution in [0.25, 0.3) is 11.1 Å². The van der Waals surface area contributed by atoms with Crippen molar-refractivity contribution in [3.8, 4) is 11.1 Å². The van der Waals surface area contributed by atoms with Gasteiger partial charge in [-0.05, 0) is 59.7 Å². The molecule has 0 heterocycles. The summed E-state index contributed by atoms with van der Waals surface area (Å²) in [6.07, 6.45) is -0.325. The molecule has 0 aliphatic heterocycles. The van der Waals surface area contributed by atoms with Crippen molar-refractivity contribution in [1.29, 1.82) is 0 Å². The minimum absolute atomic E-state index is 0.162. The molecule has 206 valence electrons. The molecule has 0 radical (unpaired) electrons. The van der Waals surface area contributed by atoms with E-state index in [1.807, 2.05) is 24.3 Å². The molecular weight excluding hydrogens is 548 g/mol. The minimum Gasteiger partial charge on any atom is -0.326 e. The zero-order valence-electron chi connectivity index (χ0n) is 21.5. The first-order valence-electron chi connectivity index (χ1n) is 12.5. The van der Waals surface area contributed by atoms with Gasteiger partial charge in [0.15, 0.2) is 19.7 Å². The quantitative estimate of drug-likeness (QED) is 0.260. The third-order valence-electron chi connectivity index (χ3n) is 6.07. The molecule has 4 rings (SSSR count). The molecule has 0 saturated heterocycles. The highest BCUT2D eigenvalue weighted by molar-refractivity contribution is 7.91. The van der Waals surface area contributed by atoms with Crippen LogP contribution >= 0.6 is 0 Å². The molecule has 0 atom stereocenters. The molecule has 0 aromatic heterocycles. The van der Waals surface area contributed by atoms with Gasteiger partial charge in [0.05, 0.1) is 21.3 Å². The SMILES string of the molecule is O=C(CCS(=O)(=O)c1ccccc1)Nc1ccc(-c2ccc(NC(=O)CCS(=O)(=O)c3ccccc3)cc2)cc1. The number of carbonyl (C=O) groups excluding carboxylic acids is 2. The van der Waals surface area contributed by atoms with Crippen molar-refractivity contribution >= 4 is 42.9 Å². The van der Waals surface area contributed by atoms with Gasteiger partial charge < -0.3 is 10.6 Å². The molecule has 4 aromatic carbocycles. The van der Waals surface area contributed by atoms with Crippen molar-refractivity contribution in [2.45, 2.75) is 22.6 Å². The van der Waals surface area contributed by atoms with Crippen molar-refractivity contribution in [3.05, 3.63) is 109 Å². The Morgan fingerprint density at radius 3 is 1.12 bits per heavy atom. The van der Waals surface area contributed by atoms with E-state index in [0.29, 0.717) is 11.4 Å². The number of hydrogen-bond acceptors (Lipinski definition) is 6. The molecule has 0 unspecified atom stereocenters. The molecule has 0 spiro atoms. The maximum Gasteiger partial charge on any atom is 0.225 e. The molecule has 0 bridgehead atoms. The highest BCUT2D eigenvalue weighted by atomic mass is 32.2. The van der Waals surface area contributed by atoms with Crippen LogP contribution in [0.15, 0.2) is 119 Å². The van der Waals surface area contributed by atoms with Gasteiger partial charge in [-0.15, -0.1) is 0 Å². The summed E-state index contributed by atoms with van der Waals surface area (Å²) >= 11 is 0. The Balaban J connectivity index is 1.27. The zero-order chi connectivity index (χ0) is 28.6. The van der Waals surface area contributed by atoms with Gasteiger partial charge in [0, 0.05) is 24.2 Å². The van der Waals surface area contributed by atoms with Gasteiger partial charge in [-0.3, -0.25) is 9.59 Å². The summed E-state index contributed by atoms with van der Waals surface area (Å²) < 4.78 is 49.5. The van der Waals surface area contributed by atoms with Gasteiger partial charge >= 0.3 is 0 Å². The Bertz CT molecular complexity index is 1540. The van der Waals surface area contributed by atoms with Gasteiger partial charge in [-0.2, -0.15) is 0 Å². The monoisotopic (exact) mass is 576 g/mol. The lowest BCUT2D eigenvalue weighted by Gasteiger charge is -2.09. The molecule has 4 aromatic rings. The second-order valence-corrected chi connectivity index (χ2v) is 13.2. The summed E-state index contributed by atoms with van der Waals surface area (Å²) in [7, 11) is -7.07. The van der Waals surface area contributed by atoms with E-state index in [-0.39, 0.29) is 34.1 Å². The van der Waals surface area contributed by atoms with E-state index >= 15 is 0 Å². The van der Waals surface area contributed by atoms with Crippen LogP contribution in [0.5, 0.6) is 0 Å². The van der Waals surface area contributed by atoms with Gasteiger partial charge in [-0.25, -0.2) is 16.8 Å². The van der Waals surface area contributed by atoms with Gasteiger partial charge in [0.2, 0.25) is 11.8 Å². The molecule has 0 aliphatic carbocycles. The lowest BCUT2D eigenvalue weighted by molar-refractivity contribution is -0.116. The molecule has 2 amide bonds. The first kappa shape index (κ1) is 28.7. The number of amides is 2. The van der Waals surface area contributed by atoms with Crippen LogP contribution in [-0.2, 0) is 29.3 Å². The molecule has 0 saturated carbocycles. The molecule has 2 N–H and O–H groups in total. The Hall–Kier alpha value is -4.28. The summed E-state index contributed by atoms with van der Waals surface area (Å²) in [5, 5.41) is 5.43. The minimum atomic E-state index is -3.54. The summed E-state index contributed by atoms with van der Waals surface area (Å²) in [4.78, 5) is 25.0. The number of anilines is 2. The van der Waals surface area contributed by atoms with E-state index in [0.717, 1.165) is 11.1 Å². The van der Waals surface area contributed by atoms with Crippen LogP contribution in [0.2, 0.25) is 0 Å². The summed E-state index contributed by atoms with van der Waals surface area (Å²) in [6.45, 7) is 0. The molecule has 8 nitrogen and oxygen atoms in total. The van der Waals surface area contributed by atoms with E-state index in [1.54, 1.807) is 60.7 Å². The van der Waals surface area contributed by atoms with Gasteiger partial charge in [0.1, 0.15) is 0 Å². The van der Waals surface area contributed by atoms with E-state index in [2.05, 4.69) is 10.6 Å². The first-order valence-corrected chi connectivity index (χ1v) is 15.8. The maximum absolute atomic E-state index is 12.4. The molecule has 40 heavy (non-hydrogen) atoms. The smallest absolute Gasteiger partial charge is 0.225 e. The average Bonchev–Trinajstić information content (AvgIpc) is 2.97. The standard InChI is InChI=1S/C30H28N2O6S2/c33-29(19-21-39(35,36)27-7-3-1-4-8-27)31-25-15-11-23(12-16-25)24-13-17-26(18-14-24)32-30(34)20-22-40(37,38)28-9-5-2-6-10-28/h1-18H,19-22H2,(H,31,33)(H,32,34). The van der Waals surface area contributed by atoms with E-state index in [1.165, 1.54) is 24.3 Å².